The fourth-order valence-corrected chi connectivity index (χ4v) is 3.07. The Hall–Kier alpha value is -3.67. The zero-order chi connectivity index (χ0) is 22.5. The average molecular weight is 463 g/mol. The number of anilines is 3. The molecular weight excluding hydrogens is 440 g/mol. The van der Waals surface area contributed by atoms with Crippen LogP contribution in [0.1, 0.15) is 5.56 Å². The number of carbonyl (C=O) groups is 3. The molecule has 2 aromatic rings. The molecule has 0 aliphatic carbocycles. The minimum absolute atomic E-state index is 0. The van der Waals surface area contributed by atoms with Crippen LogP contribution in [0.2, 0.25) is 0 Å². The summed E-state index contributed by atoms with van der Waals surface area (Å²) in [6.45, 7) is 0.303. The van der Waals surface area contributed by atoms with Crippen LogP contribution < -0.4 is 27.0 Å². The summed E-state index contributed by atoms with van der Waals surface area (Å²) in [5.74, 6) is -1.54. The molecule has 3 rings (SSSR count). The third-order valence-corrected chi connectivity index (χ3v) is 4.57. The summed E-state index contributed by atoms with van der Waals surface area (Å²) in [6, 6.07) is 11.8. The van der Waals surface area contributed by atoms with E-state index in [2.05, 4.69) is 10.6 Å². The second-order valence-electron chi connectivity index (χ2n) is 6.75. The van der Waals surface area contributed by atoms with E-state index in [1.54, 1.807) is 36.4 Å². The number of nitrogens with one attached hydrogen (secondary N) is 3. The predicted molar refractivity (Wildman–Crippen MR) is 121 cm³/mol. The van der Waals surface area contributed by atoms with E-state index in [4.69, 9.17) is 21.6 Å². The molecule has 2 atom stereocenters. The lowest BCUT2D eigenvalue weighted by molar-refractivity contribution is -0.150. The molecule has 0 radical (unpaired) electrons. The van der Waals surface area contributed by atoms with Crippen LogP contribution in [0.4, 0.5) is 21.9 Å². The summed E-state index contributed by atoms with van der Waals surface area (Å²) in [4.78, 5) is 37.8. The number of primary amides is 1. The topological polar surface area (TPSA) is 184 Å². The zero-order valence-corrected chi connectivity index (χ0v) is 17.6. The van der Waals surface area contributed by atoms with E-state index in [1.807, 2.05) is 0 Å². The van der Waals surface area contributed by atoms with Crippen molar-refractivity contribution in [1.82, 2.24) is 0 Å². The van der Waals surface area contributed by atoms with Gasteiger partial charge in [0.1, 0.15) is 5.84 Å². The summed E-state index contributed by atoms with van der Waals surface area (Å²) in [5, 5.41) is 22.7. The first-order valence-electron chi connectivity index (χ1n) is 9.29. The number of halogens is 1. The van der Waals surface area contributed by atoms with Gasteiger partial charge in [-0.05, 0) is 42.5 Å². The van der Waals surface area contributed by atoms with E-state index >= 15 is 0 Å². The first-order valence-corrected chi connectivity index (χ1v) is 9.29. The SMILES string of the molecule is Cl.N=C(N)c1ccc(NC(=O)[C@H](O)[C@H]2OCCN(c3cccc(NC(N)=O)c3)C2=O)cc1. The van der Waals surface area contributed by atoms with Gasteiger partial charge in [0.05, 0.1) is 6.61 Å². The number of benzene rings is 2. The molecule has 8 N–H and O–H groups in total. The van der Waals surface area contributed by atoms with Gasteiger partial charge in [0.25, 0.3) is 11.8 Å². The summed E-state index contributed by atoms with van der Waals surface area (Å²) >= 11 is 0. The van der Waals surface area contributed by atoms with E-state index in [1.165, 1.54) is 17.0 Å². The van der Waals surface area contributed by atoms with E-state index in [0.29, 0.717) is 22.6 Å². The lowest BCUT2D eigenvalue weighted by Gasteiger charge is -2.34. The van der Waals surface area contributed by atoms with Crippen LogP contribution in [-0.4, -0.2) is 54.1 Å². The molecule has 2 aromatic carbocycles. The number of nitrogens with two attached hydrogens (primary N) is 2. The molecule has 0 saturated carbocycles. The van der Waals surface area contributed by atoms with Crippen molar-refractivity contribution in [3.8, 4) is 0 Å². The quantitative estimate of drug-likeness (QED) is 0.270. The third-order valence-electron chi connectivity index (χ3n) is 4.57. The molecule has 12 heteroatoms. The molecule has 32 heavy (non-hydrogen) atoms. The van der Waals surface area contributed by atoms with Gasteiger partial charge in [0.15, 0.2) is 12.2 Å². The van der Waals surface area contributed by atoms with Gasteiger partial charge in [-0.25, -0.2) is 4.79 Å². The van der Waals surface area contributed by atoms with Crippen molar-refractivity contribution in [3.63, 3.8) is 0 Å². The van der Waals surface area contributed by atoms with Crippen LogP contribution in [0.5, 0.6) is 0 Å². The molecular formula is C20H23ClN6O5. The lowest BCUT2D eigenvalue weighted by atomic mass is 10.1. The number of aliphatic hydroxyl groups is 1. The Morgan fingerprint density at radius 1 is 1.12 bits per heavy atom. The maximum absolute atomic E-state index is 12.9. The van der Waals surface area contributed by atoms with Gasteiger partial charge in [0, 0.05) is 29.2 Å². The molecule has 0 spiro atoms. The number of morpholine rings is 1. The molecule has 1 aliphatic heterocycles. The standard InChI is InChI=1S/C20H22N6O5.ClH/c21-17(22)11-4-6-12(7-5-11)24-18(28)15(27)16-19(29)26(8-9-31-16)14-3-1-2-13(10-14)25-20(23)30;/h1-7,10,15-16,27H,8-9H2,(H3,21,22)(H,24,28)(H3,23,25,30);1H/t15-,16-;/m1./s1. The number of amides is 4. The van der Waals surface area contributed by atoms with E-state index in [0.717, 1.165) is 0 Å². The van der Waals surface area contributed by atoms with E-state index in [9.17, 15) is 19.5 Å². The number of nitrogens with zero attached hydrogens (tertiary/aromatic N) is 1. The normalized spacial score (nSPS) is 16.5. The van der Waals surface area contributed by atoms with Gasteiger partial charge in [-0.1, -0.05) is 6.07 Å². The number of nitrogen functional groups attached to an aromatic ring is 1. The highest BCUT2D eigenvalue weighted by atomic mass is 35.5. The minimum atomic E-state index is -1.75. The largest absolute Gasteiger partial charge is 0.384 e. The fraction of sp³-hybridized carbons (Fsp3) is 0.200. The number of amidine groups is 1. The first-order chi connectivity index (χ1) is 14.8. The number of urea groups is 1. The van der Waals surface area contributed by atoms with Gasteiger partial charge in [-0.3, -0.25) is 15.0 Å². The summed E-state index contributed by atoms with van der Waals surface area (Å²) in [7, 11) is 0. The highest BCUT2D eigenvalue weighted by Gasteiger charge is 2.39. The number of carbonyl (C=O) groups excluding carboxylic acids is 3. The molecule has 0 aromatic heterocycles. The van der Waals surface area contributed by atoms with Crippen LogP contribution in [-0.2, 0) is 14.3 Å². The van der Waals surface area contributed by atoms with Crippen molar-refractivity contribution in [3.05, 3.63) is 54.1 Å². The Morgan fingerprint density at radius 2 is 1.81 bits per heavy atom. The van der Waals surface area contributed by atoms with Crippen LogP contribution in [0.3, 0.4) is 0 Å². The molecule has 4 amide bonds. The van der Waals surface area contributed by atoms with E-state index < -0.39 is 30.1 Å². The van der Waals surface area contributed by atoms with Crippen molar-refractivity contribution in [1.29, 1.82) is 5.41 Å². The highest BCUT2D eigenvalue weighted by Crippen LogP contribution is 2.24. The molecule has 1 fully saturated rings. The van der Waals surface area contributed by atoms with Gasteiger partial charge in [-0.15, -0.1) is 12.4 Å². The van der Waals surface area contributed by atoms with Crippen molar-refractivity contribution in [2.45, 2.75) is 12.2 Å². The third kappa shape index (κ3) is 5.72. The van der Waals surface area contributed by atoms with Crippen molar-refractivity contribution in [2.75, 3.05) is 28.7 Å². The number of hydrogen-bond donors (Lipinski definition) is 6. The number of rotatable bonds is 6. The summed E-state index contributed by atoms with van der Waals surface area (Å²) in [6.07, 6.45) is -3.16. The minimum Gasteiger partial charge on any atom is -0.384 e. The van der Waals surface area contributed by atoms with Crippen LogP contribution in [0, 0.1) is 5.41 Å². The predicted octanol–water partition coefficient (Wildman–Crippen LogP) is 0.614. The Labute approximate surface area is 189 Å². The Morgan fingerprint density at radius 3 is 2.44 bits per heavy atom. The first kappa shape index (κ1) is 24.6. The zero-order valence-electron chi connectivity index (χ0n) is 16.8. The molecule has 11 nitrogen and oxygen atoms in total. The maximum Gasteiger partial charge on any atom is 0.316 e. The van der Waals surface area contributed by atoms with Crippen LogP contribution in [0.15, 0.2) is 48.5 Å². The van der Waals surface area contributed by atoms with Gasteiger partial charge in [-0.2, -0.15) is 0 Å². The highest BCUT2D eigenvalue weighted by molar-refractivity contribution is 6.04. The molecule has 0 unspecified atom stereocenters. The molecule has 1 aliphatic rings. The summed E-state index contributed by atoms with van der Waals surface area (Å²) in [5.41, 5.74) is 12.2. The second kappa shape index (κ2) is 10.6. The van der Waals surface area contributed by atoms with Gasteiger partial charge in [0.2, 0.25) is 0 Å². The monoisotopic (exact) mass is 462 g/mol. The number of aliphatic hydroxyl groups excluding tert-OH is 1. The Balaban J connectivity index is 0.00000363. The molecule has 1 saturated heterocycles. The Bertz CT molecular complexity index is 1020. The van der Waals surface area contributed by atoms with E-state index in [-0.39, 0.29) is 31.4 Å². The average Bonchev–Trinajstić information content (AvgIpc) is 2.73. The number of ether oxygens (including phenoxy) is 1. The van der Waals surface area contributed by atoms with Gasteiger partial charge < -0.3 is 36.8 Å². The second-order valence-corrected chi connectivity index (χ2v) is 6.75. The smallest absolute Gasteiger partial charge is 0.316 e. The fourth-order valence-electron chi connectivity index (χ4n) is 3.07. The van der Waals surface area contributed by atoms with Gasteiger partial charge >= 0.3 is 6.03 Å². The van der Waals surface area contributed by atoms with Crippen LogP contribution in [0.25, 0.3) is 0 Å². The maximum atomic E-state index is 12.9. The summed E-state index contributed by atoms with van der Waals surface area (Å²) < 4.78 is 5.37. The molecule has 0 bridgehead atoms. The van der Waals surface area contributed by atoms with Crippen molar-refractivity contribution in [2.24, 2.45) is 11.5 Å². The van der Waals surface area contributed by atoms with Crippen molar-refractivity contribution < 1.29 is 24.2 Å². The molecule has 1 heterocycles. The lowest BCUT2D eigenvalue weighted by Crippen LogP contribution is -2.55. The van der Waals surface area contributed by atoms with Crippen molar-refractivity contribution >= 4 is 53.2 Å². The number of hydrogen-bond acceptors (Lipinski definition) is 6. The van der Waals surface area contributed by atoms with Crippen LogP contribution >= 0.6 is 12.4 Å². The Kier molecular flexibility index (Phi) is 8.13. The molecule has 170 valence electrons.